The quantitative estimate of drug-likeness (QED) is 0.903. The van der Waals surface area contributed by atoms with Crippen LogP contribution < -0.4 is 14.4 Å². The number of methoxy groups -OCH3 is 1. The third kappa shape index (κ3) is 2.84. The number of hydrogen-bond donors (Lipinski definition) is 1. The molecule has 1 atom stereocenters. The minimum absolute atomic E-state index is 0.136. The van der Waals surface area contributed by atoms with Gasteiger partial charge in [-0.3, -0.25) is 9.10 Å². The number of carbonyl (C=O) groups is 1. The van der Waals surface area contributed by atoms with E-state index in [1.807, 2.05) is 12.1 Å². The lowest BCUT2D eigenvalue weighted by Crippen LogP contribution is -2.47. The summed E-state index contributed by atoms with van der Waals surface area (Å²) in [5.41, 5.74) is 2.10. The molecule has 25 heavy (non-hydrogen) atoms. The Hall–Kier alpha value is -2.54. The number of likely N-dealkylation sites (N-methyl/N-ethyl adjacent to an activating group) is 1. The highest BCUT2D eigenvalue weighted by Gasteiger charge is 2.41. The van der Waals surface area contributed by atoms with Crippen LogP contribution in [0.3, 0.4) is 0 Å². The van der Waals surface area contributed by atoms with Crippen molar-refractivity contribution < 1.29 is 17.9 Å². The predicted molar refractivity (Wildman–Crippen MR) is 95.4 cm³/mol. The van der Waals surface area contributed by atoms with E-state index in [-0.39, 0.29) is 10.8 Å². The molecule has 0 spiro atoms. The number of aryl methyl sites for hydroxylation is 1. The van der Waals surface area contributed by atoms with Crippen molar-refractivity contribution >= 4 is 21.6 Å². The normalized spacial score (nSPS) is 16.4. The highest BCUT2D eigenvalue weighted by atomic mass is 32.2. The summed E-state index contributed by atoms with van der Waals surface area (Å²) in [6.45, 7) is 1.78. The average molecular weight is 360 g/mol. The number of fused-ring (bicyclic) bond motifs is 1. The molecule has 1 amide bonds. The summed E-state index contributed by atoms with van der Waals surface area (Å²) >= 11 is 0. The van der Waals surface area contributed by atoms with Gasteiger partial charge in [-0.1, -0.05) is 18.2 Å². The topological polar surface area (TPSA) is 75.7 Å². The van der Waals surface area contributed by atoms with Crippen molar-refractivity contribution in [2.45, 2.75) is 24.3 Å². The van der Waals surface area contributed by atoms with E-state index in [4.69, 9.17) is 4.74 Å². The van der Waals surface area contributed by atoms with Crippen LogP contribution in [0.1, 0.15) is 11.1 Å². The minimum Gasteiger partial charge on any atom is -0.496 e. The fourth-order valence-corrected chi connectivity index (χ4v) is 4.88. The molecule has 1 N–H and O–H groups in total. The molecular weight excluding hydrogens is 340 g/mol. The summed E-state index contributed by atoms with van der Waals surface area (Å²) in [5.74, 6) is 0.286. The zero-order valence-corrected chi connectivity index (χ0v) is 15.1. The van der Waals surface area contributed by atoms with Gasteiger partial charge >= 0.3 is 0 Å². The van der Waals surface area contributed by atoms with Crippen LogP contribution in [0, 0.1) is 6.92 Å². The molecular formula is C18H20N2O4S. The molecule has 2 aromatic carbocycles. The number of anilines is 1. The maximum atomic E-state index is 13.3. The smallest absolute Gasteiger partial charge is 0.265 e. The first-order chi connectivity index (χ1) is 11.9. The number of hydrogen-bond acceptors (Lipinski definition) is 4. The molecule has 6 nitrogen and oxygen atoms in total. The SMILES string of the molecule is CNC(=O)[C@H]1Cc2ccccc2N1S(=O)(=O)c1ccc(OC)c(C)c1. The lowest BCUT2D eigenvalue weighted by atomic mass is 10.1. The van der Waals surface area contributed by atoms with E-state index in [1.165, 1.54) is 24.5 Å². The summed E-state index contributed by atoms with van der Waals surface area (Å²) in [5, 5.41) is 2.56. The Morgan fingerprint density at radius 1 is 1.24 bits per heavy atom. The molecule has 132 valence electrons. The Labute approximate surface area is 147 Å². The van der Waals surface area contributed by atoms with Gasteiger partial charge < -0.3 is 10.1 Å². The van der Waals surface area contributed by atoms with Crippen LogP contribution in [0.5, 0.6) is 5.75 Å². The molecule has 0 aliphatic carbocycles. The molecule has 0 radical (unpaired) electrons. The molecule has 0 aromatic heterocycles. The van der Waals surface area contributed by atoms with Crippen LogP contribution in [-0.2, 0) is 21.2 Å². The van der Waals surface area contributed by atoms with Crippen molar-refractivity contribution in [3.05, 3.63) is 53.6 Å². The van der Waals surface area contributed by atoms with E-state index >= 15 is 0 Å². The highest BCUT2D eigenvalue weighted by molar-refractivity contribution is 7.93. The highest BCUT2D eigenvalue weighted by Crippen LogP contribution is 2.37. The van der Waals surface area contributed by atoms with E-state index in [0.717, 1.165) is 5.56 Å². The zero-order valence-electron chi connectivity index (χ0n) is 14.3. The van der Waals surface area contributed by atoms with Crippen LogP contribution in [-0.4, -0.2) is 34.5 Å². The van der Waals surface area contributed by atoms with Crippen LogP contribution in [0.4, 0.5) is 5.69 Å². The Kier molecular flexibility index (Phi) is 4.43. The van der Waals surface area contributed by atoms with Crippen molar-refractivity contribution in [3.63, 3.8) is 0 Å². The third-order valence-electron chi connectivity index (χ3n) is 4.40. The van der Waals surface area contributed by atoms with Gasteiger partial charge in [-0.2, -0.15) is 0 Å². The van der Waals surface area contributed by atoms with E-state index < -0.39 is 16.1 Å². The summed E-state index contributed by atoms with van der Waals surface area (Å²) in [4.78, 5) is 12.4. The van der Waals surface area contributed by atoms with Crippen molar-refractivity contribution in [1.29, 1.82) is 0 Å². The Balaban J connectivity index is 2.13. The largest absolute Gasteiger partial charge is 0.496 e. The van der Waals surface area contributed by atoms with Gasteiger partial charge in [-0.25, -0.2) is 8.42 Å². The number of benzene rings is 2. The predicted octanol–water partition coefficient (Wildman–Crippen LogP) is 1.87. The Bertz CT molecular complexity index is 924. The van der Waals surface area contributed by atoms with Crippen molar-refractivity contribution in [1.82, 2.24) is 5.32 Å². The number of carbonyl (C=O) groups excluding carboxylic acids is 1. The number of sulfonamides is 1. The number of ether oxygens (including phenoxy) is 1. The number of rotatable bonds is 4. The van der Waals surface area contributed by atoms with Gasteiger partial charge in [0.15, 0.2) is 0 Å². The molecule has 0 saturated carbocycles. The standard InChI is InChI=1S/C18H20N2O4S/c1-12-10-14(8-9-17(12)24-3)25(22,23)20-15-7-5-4-6-13(15)11-16(20)18(21)19-2/h4-10,16H,11H2,1-3H3,(H,19,21)/t16-/m1/s1. The molecule has 0 bridgehead atoms. The number of nitrogens with one attached hydrogen (secondary N) is 1. The van der Waals surface area contributed by atoms with Gasteiger partial charge in [-0.05, 0) is 42.3 Å². The number of nitrogens with zero attached hydrogens (tertiary/aromatic N) is 1. The maximum Gasteiger partial charge on any atom is 0.265 e. The van der Waals surface area contributed by atoms with Gasteiger partial charge in [0.25, 0.3) is 10.0 Å². The molecule has 0 fully saturated rings. The molecule has 0 saturated heterocycles. The van der Waals surface area contributed by atoms with Crippen LogP contribution in [0.25, 0.3) is 0 Å². The Morgan fingerprint density at radius 2 is 1.96 bits per heavy atom. The van der Waals surface area contributed by atoms with Crippen LogP contribution >= 0.6 is 0 Å². The maximum absolute atomic E-state index is 13.3. The van der Waals surface area contributed by atoms with Crippen molar-refractivity contribution in [2.75, 3.05) is 18.5 Å². The van der Waals surface area contributed by atoms with E-state index in [2.05, 4.69) is 5.32 Å². The van der Waals surface area contributed by atoms with Gasteiger partial charge in [0, 0.05) is 13.5 Å². The second-order valence-electron chi connectivity index (χ2n) is 5.90. The number of para-hydroxylation sites is 1. The fraction of sp³-hybridized carbons (Fsp3) is 0.278. The molecule has 7 heteroatoms. The molecule has 3 rings (SSSR count). The molecule has 1 heterocycles. The first-order valence-electron chi connectivity index (χ1n) is 7.88. The first kappa shape index (κ1) is 17.3. The van der Waals surface area contributed by atoms with Gasteiger partial charge in [0.1, 0.15) is 11.8 Å². The lowest BCUT2D eigenvalue weighted by molar-refractivity contribution is -0.121. The van der Waals surface area contributed by atoms with Gasteiger partial charge in [0.2, 0.25) is 5.91 Å². The lowest BCUT2D eigenvalue weighted by Gasteiger charge is -2.26. The van der Waals surface area contributed by atoms with E-state index in [0.29, 0.717) is 23.4 Å². The van der Waals surface area contributed by atoms with Gasteiger partial charge in [0.05, 0.1) is 17.7 Å². The van der Waals surface area contributed by atoms with Crippen molar-refractivity contribution in [2.24, 2.45) is 0 Å². The minimum atomic E-state index is -3.89. The summed E-state index contributed by atoms with van der Waals surface area (Å²) in [6, 6.07) is 11.1. The fourth-order valence-electron chi connectivity index (χ4n) is 3.15. The van der Waals surface area contributed by atoms with Crippen molar-refractivity contribution in [3.8, 4) is 5.75 Å². The first-order valence-corrected chi connectivity index (χ1v) is 9.32. The Morgan fingerprint density at radius 3 is 2.60 bits per heavy atom. The molecule has 2 aromatic rings. The number of amides is 1. The molecule has 1 aliphatic heterocycles. The van der Waals surface area contributed by atoms with E-state index in [9.17, 15) is 13.2 Å². The van der Waals surface area contributed by atoms with Crippen LogP contribution in [0.2, 0.25) is 0 Å². The summed E-state index contributed by atoms with van der Waals surface area (Å²) < 4.78 is 33.0. The summed E-state index contributed by atoms with van der Waals surface area (Å²) in [6.07, 6.45) is 0.351. The average Bonchev–Trinajstić information content (AvgIpc) is 3.01. The monoisotopic (exact) mass is 360 g/mol. The van der Waals surface area contributed by atoms with Crippen LogP contribution in [0.15, 0.2) is 47.4 Å². The zero-order chi connectivity index (χ0) is 18.2. The van der Waals surface area contributed by atoms with Gasteiger partial charge in [-0.15, -0.1) is 0 Å². The molecule has 1 aliphatic rings. The second kappa shape index (κ2) is 6.40. The third-order valence-corrected chi connectivity index (χ3v) is 6.22. The second-order valence-corrected chi connectivity index (χ2v) is 7.71. The summed E-state index contributed by atoms with van der Waals surface area (Å²) in [7, 11) is -0.843. The van der Waals surface area contributed by atoms with E-state index in [1.54, 1.807) is 31.2 Å². The molecule has 0 unspecified atom stereocenters.